The number of ether oxygens (including phenoxy) is 3. The molecule has 1 saturated heterocycles. The zero-order valence-electron chi connectivity index (χ0n) is 17.4. The summed E-state index contributed by atoms with van der Waals surface area (Å²) in [7, 11) is 0. The number of aromatic amines is 1. The summed E-state index contributed by atoms with van der Waals surface area (Å²) in [5, 5.41) is 0. The van der Waals surface area contributed by atoms with Crippen molar-refractivity contribution in [2.75, 3.05) is 6.61 Å². The van der Waals surface area contributed by atoms with E-state index in [1.165, 1.54) is 36.4 Å². The van der Waals surface area contributed by atoms with Crippen LogP contribution in [0.3, 0.4) is 0 Å². The molecule has 9 nitrogen and oxygen atoms in total. The molecule has 0 radical (unpaired) electrons. The summed E-state index contributed by atoms with van der Waals surface area (Å²) in [6.45, 7) is -0.690. The number of hydrogen-bond donors (Lipinski definition) is 1. The number of halogens is 2. The van der Waals surface area contributed by atoms with E-state index in [0.717, 1.165) is 12.3 Å². The minimum atomic E-state index is -3.92. The number of alkyl halides is 2. The Morgan fingerprint density at radius 2 is 1.53 bits per heavy atom. The maximum absolute atomic E-state index is 15.4. The number of nitrogens with zero attached hydrogens (tertiary/aromatic N) is 1. The van der Waals surface area contributed by atoms with Crippen molar-refractivity contribution in [3.8, 4) is 0 Å². The third-order valence-corrected chi connectivity index (χ3v) is 5.09. The Bertz CT molecular complexity index is 1290. The Morgan fingerprint density at radius 1 is 0.941 bits per heavy atom. The van der Waals surface area contributed by atoms with Gasteiger partial charge in [-0.2, -0.15) is 8.78 Å². The predicted molar refractivity (Wildman–Crippen MR) is 113 cm³/mol. The highest BCUT2D eigenvalue weighted by molar-refractivity contribution is 5.90. The number of nitrogens with one attached hydrogen (secondary N) is 1. The molecule has 0 bridgehead atoms. The fourth-order valence-corrected chi connectivity index (χ4v) is 3.43. The number of hydrogen-bond acceptors (Lipinski definition) is 7. The molecule has 176 valence electrons. The van der Waals surface area contributed by atoms with Crippen LogP contribution in [0.15, 0.2) is 82.5 Å². The maximum atomic E-state index is 15.4. The zero-order valence-corrected chi connectivity index (χ0v) is 17.4. The van der Waals surface area contributed by atoms with Crippen molar-refractivity contribution in [1.29, 1.82) is 0 Å². The lowest BCUT2D eigenvalue weighted by molar-refractivity contribution is -0.142. The standard InChI is InChI=1S/C23H18F2N2O7/c24-23(25)18(34-20(30)15-9-5-2-6-10-15)16(13-32-19(29)14-7-3-1-4-8-14)33-21(23)27-12-11-17(28)26-22(27)31/h1-12,16,18,21H,13H2,(H,26,28,31)/t16-,18-,21-/m0/s1. The highest BCUT2D eigenvalue weighted by atomic mass is 19.3. The Kier molecular flexibility index (Phi) is 6.37. The van der Waals surface area contributed by atoms with Gasteiger partial charge in [-0.1, -0.05) is 36.4 Å². The Hall–Kier alpha value is -4.12. The van der Waals surface area contributed by atoms with Crippen LogP contribution in [0.1, 0.15) is 26.9 Å². The lowest BCUT2D eigenvalue weighted by atomic mass is 10.1. The Balaban J connectivity index is 1.62. The minimum Gasteiger partial charge on any atom is -0.459 e. The molecule has 1 fully saturated rings. The van der Waals surface area contributed by atoms with Gasteiger partial charge in [0.15, 0.2) is 6.10 Å². The van der Waals surface area contributed by atoms with Crippen molar-refractivity contribution in [2.45, 2.75) is 24.4 Å². The van der Waals surface area contributed by atoms with Gasteiger partial charge in [0, 0.05) is 12.3 Å². The number of rotatable bonds is 6. The summed E-state index contributed by atoms with van der Waals surface area (Å²) >= 11 is 0. The first kappa shape index (κ1) is 23.1. The maximum Gasteiger partial charge on any atom is 0.338 e. The summed E-state index contributed by atoms with van der Waals surface area (Å²) in [5.41, 5.74) is -1.74. The fourth-order valence-electron chi connectivity index (χ4n) is 3.43. The minimum absolute atomic E-state index is 0.0167. The fraction of sp³-hybridized carbons (Fsp3) is 0.217. The Morgan fingerprint density at radius 3 is 2.12 bits per heavy atom. The van der Waals surface area contributed by atoms with E-state index >= 15 is 8.78 Å². The van der Waals surface area contributed by atoms with Crippen LogP contribution >= 0.6 is 0 Å². The quantitative estimate of drug-likeness (QED) is 0.547. The Labute approximate surface area is 190 Å². The molecule has 2 heterocycles. The van der Waals surface area contributed by atoms with Gasteiger partial charge in [-0.25, -0.2) is 14.4 Å². The molecule has 0 saturated carbocycles. The van der Waals surface area contributed by atoms with Crippen molar-refractivity contribution in [1.82, 2.24) is 9.55 Å². The molecular formula is C23H18F2N2O7. The molecule has 1 N–H and O–H groups in total. The lowest BCUT2D eigenvalue weighted by Gasteiger charge is -2.24. The van der Waals surface area contributed by atoms with Gasteiger partial charge in [0.1, 0.15) is 12.7 Å². The van der Waals surface area contributed by atoms with E-state index < -0.39 is 54.2 Å². The molecule has 4 rings (SSSR count). The molecule has 3 aromatic rings. The number of carbonyl (C=O) groups excluding carboxylic acids is 2. The van der Waals surface area contributed by atoms with Gasteiger partial charge in [-0.05, 0) is 24.3 Å². The summed E-state index contributed by atoms with van der Waals surface area (Å²) in [6.07, 6.45) is -5.20. The van der Waals surface area contributed by atoms with Gasteiger partial charge in [-0.15, -0.1) is 0 Å². The second kappa shape index (κ2) is 9.40. The predicted octanol–water partition coefficient (Wildman–Crippen LogP) is 2.15. The van der Waals surface area contributed by atoms with E-state index in [0.29, 0.717) is 4.57 Å². The number of esters is 2. The molecule has 0 unspecified atom stereocenters. The molecule has 11 heteroatoms. The first-order valence-electron chi connectivity index (χ1n) is 10.1. The van der Waals surface area contributed by atoms with Crippen LogP contribution in [0, 0.1) is 0 Å². The lowest BCUT2D eigenvalue weighted by Crippen LogP contribution is -2.45. The number of benzene rings is 2. The van der Waals surface area contributed by atoms with Crippen LogP contribution in [-0.2, 0) is 14.2 Å². The van der Waals surface area contributed by atoms with Crippen LogP contribution in [0.25, 0.3) is 0 Å². The van der Waals surface area contributed by atoms with Crippen LogP contribution in [-0.4, -0.2) is 46.2 Å². The van der Waals surface area contributed by atoms with Crippen LogP contribution in [0.5, 0.6) is 0 Å². The van der Waals surface area contributed by atoms with Crippen molar-refractivity contribution < 1.29 is 32.6 Å². The number of carbonyl (C=O) groups is 2. The second-order valence-electron chi connectivity index (χ2n) is 7.38. The monoisotopic (exact) mass is 472 g/mol. The molecular weight excluding hydrogens is 454 g/mol. The molecule has 2 aromatic carbocycles. The molecule has 0 amide bonds. The average Bonchev–Trinajstić information content (AvgIpc) is 3.08. The summed E-state index contributed by atoms with van der Waals surface area (Å²) in [4.78, 5) is 50.1. The van der Waals surface area contributed by atoms with E-state index in [9.17, 15) is 19.2 Å². The molecule has 1 aliphatic rings. The van der Waals surface area contributed by atoms with Crippen molar-refractivity contribution in [3.63, 3.8) is 0 Å². The first-order valence-corrected chi connectivity index (χ1v) is 10.1. The molecule has 1 aliphatic heterocycles. The smallest absolute Gasteiger partial charge is 0.338 e. The third-order valence-electron chi connectivity index (χ3n) is 5.09. The van der Waals surface area contributed by atoms with Gasteiger partial charge >= 0.3 is 23.6 Å². The normalized spacial score (nSPS) is 21.1. The zero-order chi connectivity index (χ0) is 24.3. The van der Waals surface area contributed by atoms with Crippen molar-refractivity contribution in [2.24, 2.45) is 0 Å². The van der Waals surface area contributed by atoms with Crippen molar-refractivity contribution in [3.05, 3.63) is 105 Å². The van der Waals surface area contributed by atoms with E-state index in [1.54, 1.807) is 24.3 Å². The molecule has 1 aromatic heterocycles. The summed E-state index contributed by atoms with van der Waals surface area (Å²) in [5.74, 6) is -5.77. The summed E-state index contributed by atoms with van der Waals surface area (Å²) in [6, 6.07) is 16.1. The van der Waals surface area contributed by atoms with Gasteiger partial charge in [0.25, 0.3) is 5.56 Å². The number of aromatic nitrogens is 2. The van der Waals surface area contributed by atoms with Crippen LogP contribution in [0.4, 0.5) is 8.78 Å². The van der Waals surface area contributed by atoms with Gasteiger partial charge in [-0.3, -0.25) is 14.3 Å². The highest BCUT2D eigenvalue weighted by Gasteiger charge is 2.62. The SMILES string of the molecule is O=C(OC[C@@H]1O[C@H](n2ccc(=O)[nH]c2=O)C(F)(F)[C@H]1OC(=O)c1ccccc1)c1ccccc1. The topological polar surface area (TPSA) is 117 Å². The largest absolute Gasteiger partial charge is 0.459 e. The first-order chi connectivity index (χ1) is 16.3. The third kappa shape index (κ3) is 4.64. The molecule has 0 spiro atoms. The molecule has 34 heavy (non-hydrogen) atoms. The van der Waals surface area contributed by atoms with E-state index in [2.05, 4.69) is 0 Å². The van der Waals surface area contributed by atoms with E-state index in [4.69, 9.17) is 14.2 Å². The van der Waals surface area contributed by atoms with Crippen LogP contribution in [0.2, 0.25) is 0 Å². The number of H-pyrrole nitrogens is 1. The average molecular weight is 472 g/mol. The summed E-state index contributed by atoms with van der Waals surface area (Å²) < 4.78 is 46.9. The van der Waals surface area contributed by atoms with Crippen molar-refractivity contribution >= 4 is 11.9 Å². The molecule has 3 atom stereocenters. The van der Waals surface area contributed by atoms with Gasteiger partial charge in [0.05, 0.1) is 11.1 Å². The van der Waals surface area contributed by atoms with Gasteiger partial charge in [0.2, 0.25) is 6.23 Å². The van der Waals surface area contributed by atoms with Gasteiger partial charge < -0.3 is 14.2 Å². The molecule has 0 aliphatic carbocycles. The van der Waals surface area contributed by atoms with Crippen LogP contribution < -0.4 is 11.2 Å². The highest BCUT2D eigenvalue weighted by Crippen LogP contribution is 2.44. The second-order valence-corrected chi connectivity index (χ2v) is 7.38. The van der Waals surface area contributed by atoms with E-state index in [1.807, 2.05) is 4.98 Å². The van der Waals surface area contributed by atoms with E-state index in [-0.39, 0.29) is 11.1 Å².